The molecule has 0 aliphatic heterocycles. The van der Waals surface area contributed by atoms with Gasteiger partial charge in [0.2, 0.25) is 0 Å². The zero-order chi connectivity index (χ0) is 14.1. The lowest BCUT2D eigenvalue weighted by Crippen LogP contribution is -2.51. The molecule has 0 radical (unpaired) electrons. The quantitative estimate of drug-likeness (QED) is 0.560. The summed E-state index contributed by atoms with van der Waals surface area (Å²) in [5, 5.41) is 19.7. The van der Waals surface area contributed by atoms with Crippen molar-refractivity contribution in [3.05, 3.63) is 26.8 Å². The van der Waals surface area contributed by atoms with Crippen LogP contribution >= 0.6 is 22.6 Å². The van der Waals surface area contributed by atoms with Crippen molar-refractivity contribution in [3.8, 4) is 12.1 Å². The van der Waals surface area contributed by atoms with Gasteiger partial charge >= 0.3 is 0 Å². The fourth-order valence-electron chi connectivity index (χ4n) is 1.64. The second kappa shape index (κ2) is 5.03. The van der Waals surface area contributed by atoms with Gasteiger partial charge in [-0.3, -0.25) is 0 Å². The van der Waals surface area contributed by atoms with Crippen molar-refractivity contribution in [3.63, 3.8) is 0 Å². The molecule has 1 rings (SSSR count). The average molecular weight is 368 g/mol. The summed E-state index contributed by atoms with van der Waals surface area (Å²) in [5.41, 5.74) is 0.974. The summed E-state index contributed by atoms with van der Waals surface area (Å²) < 4.78 is 1.11. The lowest BCUT2D eigenvalue weighted by Gasteiger charge is -2.38. The van der Waals surface area contributed by atoms with Crippen molar-refractivity contribution < 1.29 is 0 Å². The second-order valence-corrected chi connectivity index (χ2v) is 12.4. The van der Waals surface area contributed by atoms with E-state index in [-0.39, 0.29) is 5.04 Å². The zero-order valence-corrected chi connectivity index (χ0v) is 14.6. The molecule has 0 amide bonds. The maximum Gasteiger partial charge on any atom is 0.101 e. The van der Waals surface area contributed by atoms with Crippen molar-refractivity contribution >= 4 is 35.9 Å². The molecule has 0 heterocycles. The van der Waals surface area contributed by atoms with Crippen LogP contribution in [0.3, 0.4) is 0 Å². The Balaban J connectivity index is 3.55. The van der Waals surface area contributed by atoms with Gasteiger partial charge in [0, 0.05) is 3.57 Å². The first-order chi connectivity index (χ1) is 8.15. The number of hydrogen-bond acceptors (Lipinski definition) is 2. The molecule has 0 bridgehead atoms. The number of nitriles is 2. The normalized spacial score (nSPS) is 11.8. The van der Waals surface area contributed by atoms with Crippen molar-refractivity contribution in [1.82, 2.24) is 0 Å². The van der Waals surface area contributed by atoms with Crippen LogP contribution in [0.2, 0.25) is 18.1 Å². The number of halogens is 1. The third kappa shape index (κ3) is 2.60. The van der Waals surface area contributed by atoms with Crippen molar-refractivity contribution in [1.29, 1.82) is 10.5 Å². The van der Waals surface area contributed by atoms with Crippen LogP contribution < -0.4 is 5.19 Å². The Hall–Kier alpha value is -0.853. The van der Waals surface area contributed by atoms with E-state index in [1.54, 1.807) is 0 Å². The molecule has 1 aromatic carbocycles. The van der Waals surface area contributed by atoms with Gasteiger partial charge in [0.25, 0.3) is 0 Å². The summed E-state index contributed by atoms with van der Waals surface area (Å²) in [6, 6.07) is 8.00. The standard InChI is InChI=1S/C14H17IN2Si/c1-14(2,3)18(4,5)13-7-11(9-17)10(8-16)6-12(13)15/h6-7H,1-5H3. The number of hydrogen-bond donors (Lipinski definition) is 0. The highest BCUT2D eigenvalue weighted by molar-refractivity contribution is 14.1. The molecule has 4 heteroatoms. The summed E-state index contributed by atoms with van der Waals surface area (Å²) in [6.45, 7) is 11.4. The molecule has 1 aromatic rings. The Labute approximate surface area is 124 Å². The zero-order valence-electron chi connectivity index (χ0n) is 11.4. The van der Waals surface area contributed by atoms with Gasteiger partial charge in [-0.25, -0.2) is 0 Å². The van der Waals surface area contributed by atoms with Crippen LogP contribution in [0.4, 0.5) is 0 Å². The van der Waals surface area contributed by atoms with Gasteiger partial charge in [0.1, 0.15) is 12.1 Å². The highest BCUT2D eigenvalue weighted by Gasteiger charge is 2.38. The average Bonchev–Trinajstić information content (AvgIpc) is 2.26. The minimum absolute atomic E-state index is 0.216. The summed E-state index contributed by atoms with van der Waals surface area (Å²) in [4.78, 5) is 0. The van der Waals surface area contributed by atoms with Crippen LogP contribution in [0.15, 0.2) is 12.1 Å². The van der Waals surface area contributed by atoms with E-state index in [0.717, 1.165) is 3.57 Å². The second-order valence-electron chi connectivity index (χ2n) is 5.98. The maximum absolute atomic E-state index is 9.15. The molecule has 18 heavy (non-hydrogen) atoms. The third-order valence-corrected chi connectivity index (χ3v) is 10.8. The third-order valence-electron chi connectivity index (χ3n) is 3.90. The lowest BCUT2D eigenvalue weighted by molar-refractivity contribution is 0.729. The van der Waals surface area contributed by atoms with Crippen molar-refractivity contribution in [2.45, 2.75) is 38.9 Å². The van der Waals surface area contributed by atoms with E-state index in [0.29, 0.717) is 11.1 Å². The maximum atomic E-state index is 9.15. The first kappa shape index (κ1) is 15.2. The Bertz CT molecular complexity index is 557. The van der Waals surface area contributed by atoms with E-state index in [1.807, 2.05) is 12.1 Å². The van der Waals surface area contributed by atoms with Crippen LogP contribution in [0, 0.1) is 26.2 Å². The SMILES string of the molecule is CC(C)(C)[Si](C)(C)c1cc(C#N)c(C#N)cc1I. The molecular formula is C14H17IN2Si. The number of benzene rings is 1. The van der Waals surface area contributed by atoms with Crippen LogP contribution in [0.1, 0.15) is 31.9 Å². The minimum atomic E-state index is -1.68. The monoisotopic (exact) mass is 368 g/mol. The molecule has 0 N–H and O–H groups in total. The van der Waals surface area contributed by atoms with Crippen LogP contribution in [0.5, 0.6) is 0 Å². The minimum Gasteiger partial charge on any atom is -0.192 e. The Morgan fingerprint density at radius 2 is 1.50 bits per heavy atom. The summed E-state index contributed by atoms with van der Waals surface area (Å²) >= 11 is 2.28. The molecule has 2 nitrogen and oxygen atoms in total. The fourth-order valence-corrected chi connectivity index (χ4v) is 6.11. The van der Waals surface area contributed by atoms with Crippen LogP contribution in [-0.4, -0.2) is 8.07 Å². The topological polar surface area (TPSA) is 47.6 Å². The smallest absolute Gasteiger partial charge is 0.101 e. The molecule has 0 aliphatic carbocycles. The highest BCUT2D eigenvalue weighted by atomic mass is 127. The molecule has 0 spiro atoms. The van der Waals surface area contributed by atoms with Crippen LogP contribution in [0.25, 0.3) is 0 Å². The Kier molecular flexibility index (Phi) is 4.25. The van der Waals surface area contributed by atoms with E-state index in [4.69, 9.17) is 10.5 Å². The van der Waals surface area contributed by atoms with Gasteiger partial charge in [0.15, 0.2) is 0 Å². The fraction of sp³-hybridized carbons (Fsp3) is 0.429. The van der Waals surface area contributed by atoms with Gasteiger partial charge in [-0.1, -0.05) is 33.9 Å². The van der Waals surface area contributed by atoms with E-state index >= 15 is 0 Å². The summed E-state index contributed by atoms with van der Waals surface area (Å²) in [5.74, 6) is 0. The van der Waals surface area contributed by atoms with E-state index in [2.05, 4.69) is 68.6 Å². The highest BCUT2D eigenvalue weighted by Crippen LogP contribution is 2.36. The summed E-state index contributed by atoms with van der Waals surface area (Å²) in [6.07, 6.45) is 0. The van der Waals surface area contributed by atoms with E-state index in [9.17, 15) is 0 Å². The van der Waals surface area contributed by atoms with Gasteiger partial charge in [-0.15, -0.1) is 0 Å². The Morgan fingerprint density at radius 3 is 1.89 bits per heavy atom. The molecule has 0 fully saturated rings. The molecule has 0 aliphatic rings. The van der Waals surface area contributed by atoms with E-state index in [1.165, 1.54) is 5.19 Å². The van der Waals surface area contributed by atoms with E-state index < -0.39 is 8.07 Å². The molecule has 0 saturated carbocycles. The number of nitrogens with zero attached hydrogens (tertiary/aromatic N) is 2. The lowest BCUT2D eigenvalue weighted by atomic mass is 10.1. The van der Waals surface area contributed by atoms with Gasteiger partial charge in [0.05, 0.1) is 19.2 Å². The Morgan fingerprint density at radius 1 is 1.06 bits per heavy atom. The first-order valence-corrected chi connectivity index (χ1v) is 9.87. The molecular weight excluding hydrogens is 351 g/mol. The largest absolute Gasteiger partial charge is 0.192 e. The predicted octanol–water partition coefficient (Wildman–Crippen LogP) is 3.75. The molecule has 0 unspecified atom stereocenters. The van der Waals surface area contributed by atoms with Crippen LogP contribution in [-0.2, 0) is 0 Å². The summed E-state index contributed by atoms with van der Waals surface area (Å²) in [7, 11) is -1.68. The molecule has 0 saturated heterocycles. The van der Waals surface area contributed by atoms with Gasteiger partial charge in [-0.2, -0.15) is 10.5 Å². The molecule has 94 valence electrons. The number of rotatable bonds is 1. The van der Waals surface area contributed by atoms with Gasteiger partial charge in [-0.05, 0) is 44.9 Å². The molecule has 0 atom stereocenters. The predicted molar refractivity (Wildman–Crippen MR) is 85.4 cm³/mol. The van der Waals surface area contributed by atoms with Gasteiger partial charge < -0.3 is 0 Å². The van der Waals surface area contributed by atoms with Crippen molar-refractivity contribution in [2.75, 3.05) is 0 Å². The van der Waals surface area contributed by atoms with Crippen molar-refractivity contribution in [2.24, 2.45) is 0 Å². The first-order valence-electron chi connectivity index (χ1n) is 5.79. The molecule has 0 aromatic heterocycles.